The van der Waals surface area contributed by atoms with Crippen molar-refractivity contribution >= 4 is 34.6 Å². The van der Waals surface area contributed by atoms with E-state index in [2.05, 4.69) is 5.32 Å². The molecule has 0 spiro atoms. The number of aliphatic carboxylic acids is 1. The van der Waals surface area contributed by atoms with E-state index < -0.39 is 23.8 Å². The maximum atomic E-state index is 15.4. The van der Waals surface area contributed by atoms with E-state index in [4.69, 9.17) is 24.7 Å². The van der Waals surface area contributed by atoms with Gasteiger partial charge in [0.2, 0.25) is 0 Å². The van der Waals surface area contributed by atoms with Crippen LogP contribution in [0.25, 0.3) is 0 Å². The Hall–Kier alpha value is -3.18. The summed E-state index contributed by atoms with van der Waals surface area (Å²) in [5.41, 5.74) is 1.96. The second kappa shape index (κ2) is 13.3. The van der Waals surface area contributed by atoms with Crippen LogP contribution in [-0.4, -0.2) is 61.0 Å². The fourth-order valence-corrected chi connectivity index (χ4v) is 4.46. The molecular weight excluding hydrogens is 573 g/mol. The summed E-state index contributed by atoms with van der Waals surface area (Å²) in [4.78, 5) is 26.2. The van der Waals surface area contributed by atoms with Gasteiger partial charge in [-0.25, -0.2) is 9.18 Å². The number of ether oxygens (including phenoxy) is 3. The summed E-state index contributed by atoms with van der Waals surface area (Å²) in [5.74, 6) is -1.45. The normalized spacial score (nSPS) is 12.6. The van der Waals surface area contributed by atoms with Crippen molar-refractivity contribution in [3.8, 4) is 17.2 Å². The van der Waals surface area contributed by atoms with Gasteiger partial charge in [0.15, 0.2) is 29.7 Å². The first-order valence-corrected chi connectivity index (χ1v) is 12.6. The van der Waals surface area contributed by atoms with E-state index >= 15 is 4.39 Å². The number of rotatable bonds is 12. The number of nitrogens with zero attached hydrogens (tertiary/aromatic N) is 1. The summed E-state index contributed by atoms with van der Waals surface area (Å²) < 4.78 is 32.1. The molecule has 3 N–H and O–H groups in total. The Labute approximate surface area is 238 Å². The molecule has 1 aliphatic heterocycles. The van der Waals surface area contributed by atoms with Gasteiger partial charge in [0.1, 0.15) is 11.6 Å². The Balaban J connectivity index is 0.00000533. The fourth-order valence-electron chi connectivity index (χ4n) is 4.46. The summed E-state index contributed by atoms with van der Waals surface area (Å²) in [5, 5.41) is 20.8. The first-order chi connectivity index (χ1) is 17.9. The van der Waals surface area contributed by atoms with Gasteiger partial charge in [-0.05, 0) is 50.1 Å². The first kappa shape index (κ1) is 32.0. The standard InChI is InChI=1S/C28H36FN3O6.BrH/c1-7-36-21-11-18-13-32(27(30)23(18)24(29)26(21)37-8-2)14-20(33)16-9-17(12-31-6)25(38-15-22(34)35)19(10-16)28(3,4)5;/h9-11,30-31H,7-8,12-15H2,1-6H3,(H,34,35);1H. The number of carboxylic acids is 1. The molecule has 0 aliphatic carbocycles. The van der Waals surface area contributed by atoms with Crippen molar-refractivity contribution in [2.45, 2.75) is 53.1 Å². The maximum Gasteiger partial charge on any atom is 0.341 e. The molecule has 2 aromatic rings. The van der Waals surface area contributed by atoms with Crippen LogP contribution in [0.2, 0.25) is 0 Å². The molecule has 1 heterocycles. The van der Waals surface area contributed by atoms with Gasteiger partial charge in [-0.1, -0.05) is 20.8 Å². The monoisotopic (exact) mass is 609 g/mol. The fraction of sp³-hybridized carbons (Fsp3) is 0.464. The highest BCUT2D eigenvalue weighted by molar-refractivity contribution is 8.93. The number of hydrogen-bond acceptors (Lipinski definition) is 7. The molecule has 0 fully saturated rings. The van der Waals surface area contributed by atoms with Crippen LogP contribution in [-0.2, 0) is 23.3 Å². The van der Waals surface area contributed by atoms with E-state index in [-0.39, 0.29) is 65.4 Å². The Morgan fingerprint density at radius 3 is 2.33 bits per heavy atom. The molecule has 0 radical (unpaired) electrons. The predicted molar refractivity (Wildman–Crippen MR) is 152 cm³/mol. The number of ketones is 1. The SMILES string of the molecule is Br.CCOc1cc2c(c(F)c1OCC)C(=N)N(CC(=O)c1cc(CNC)c(OCC(=O)O)c(C(C)(C)C)c1)C2. The van der Waals surface area contributed by atoms with Crippen molar-refractivity contribution in [2.24, 2.45) is 0 Å². The molecule has 11 heteroatoms. The average molecular weight is 611 g/mol. The second-order valence-electron chi connectivity index (χ2n) is 10.0. The molecule has 9 nitrogen and oxygen atoms in total. The lowest BCUT2D eigenvalue weighted by Crippen LogP contribution is -2.31. The van der Waals surface area contributed by atoms with Crippen LogP contribution in [0.3, 0.4) is 0 Å². The largest absolute Gasteiger partial charge is 0.490 e. The van der Waals surface area contributed by atoms with Crippen LogP contribution in [0.4, 0.5) is 4.39 Å². The highest BCUT2D eigenvalue weighted by Crippen LogP contribution is 2.39. The lowest BCUT2D eigenvalue weighted by atomic mass is 9.83. The molecule has 39 heavy (non-hydrogen) atoms. The zero-order chi connectivity index (χ0) is 28.2. The summed E-state index contributed by atoms with van der Waals surface area (Å²) in [7, 11) is 1.75. The highest BCUT2D eigenvalue weighted by atomic mass is 79.9. The summed E-state index contributed by atoms with van der Waals surface area (Å²) in [6.45, 7) is 9.85. The zero-order valence-corrected chi connectivity index (χ0v) is 24.9. The van der Waals surface area contributed by atoms with Gasteiger partial charge in [-0.3, -0.25) is 10.2 Å². The topological polar surface area (TPSA) is 121 Å². The van der Waals surface area contributed by atoms with Crippen LogP contribution in [0.5, 0.6) is 17.2 Å². The van der Waals surface area contributed by atoms with Crippen LogP contribution in [0.1, 0.15) is 67.2 Å². The molecule has 2 aromatic carbocycles. The Kier molecular flexibility index (Phi) is 10.9. The summed E-state index contributed by atoms with van der Waals surface area (Å²) in [6.07, 6.45) is 0. The lowest BCUT2D eigenvalue weighted by Gasteiger charge is -2.26. The number of hydrogen-bond donors (Lipinski definition) is 3. The van der Waals surface area contributed by atoms with Crippen LogP contribution < -0.4 is 19.5 Å². The third kappa shape index (κ3) is 7.07. The minimum absolute atomic E-state index is 0. The van der Waals surface area contributed by atoms with E-state index in [9.17, 15) is 9.59 Å². The number of amidine groups is 1. The van der Waals surface area contributed by atoms with E-state index in [1.807, 2.05) is 20.8 Å². The molecule has 214 valence electrons. The second-order valence-corrected chi connectivity index (χ2v) is 10.0. The third-order valence-corrected chi connectivity index (χ3v) is 6.11. The van der Waals surface area contributed by atoms with E-state index in [1.165, 1.54) is 4.90 Å². The smallest absolute Gasteiger partial charge is 0.341 e. The molecule has 0 bridgehead atoms. The Morgan fingerprint density at radius 2 is 1.77 bits per heavy atom. The van der Waals surface area contributed by atoms with Crippen LogP contribution in [0, 0.1) is 11.2 Å². The number of carboxylic acid groups (broad SMARTS) is 1. The summed E-state index contributed by atoms with van der Waals surface area (Å²) in [6, 6.07) is 5.06. The molecule has 0 aromatic heterocycles. The van der Waals surface area contributed by atoms with Crippen molar-refractivity contribution in [3.05, 3.63) is 51.8 Å². The van der Waals surface area contributed by atoms with Gasteiger partial charge < -0.3 is 29.5 Å². The van der Waals surface area contributed by atoms with E-state index in [0.29, 0.717) is 41.2 Å². The van der Waals surface area contributed by atoms with Crippen molar-refractivity contribution in [1.29, 1.82) is 5.41 Å². The van der Waals surface area contributed by atoms with E-state index in [0.717, 1.165) is 0 Å². The van der Waals surface area contributed by atoms with Crippen molar-refractivity contribution in [1.82, 2.24) is 10.2 Å². The first-order valence-electron chi connectivity index (χ1n) is 12.6. The van der Waals surface area contributed by atoms with Gasteiger partial charge >= 0.3 is 5.97 Å². The number of halogens is 2. The predicted octanol–water partition coefficient (Wildman–Crippen LogP) is 4.71. The van der Waals surface area contributed by atoms with Gasteiger partial charge in [0.25, 0.3) is 0 Å². The lowest BCUT2D eigenvalue weighted by molar-refractivity contribution is -0.139. The van der Waals surface area contributed by atoms with Crippen LogP contribution in [0.15, 0.2) is 18.2 Å². The minimum atomic E-state index is -1.10. The van der Waals surface area contributed by atoms with E-state index in [1.54, 1.807) is 39.1 Å². The quantitative estimate of drug-likeness (QED) is 0.296. The minimum Gasteiger partial charge on any atom is -0.490 e. The van der Waals surface area contributed by atoms with Gasteiger partial charge in [-0.15, -0.1) is 17.0 Å². The number of carbonyl (C=O) groups excluding carboxylic acids is 1. The van der Waals surface area contributed by atoms with Crippen molar-refractivity contribution in [2.75, 3.05) is 33.4 Å². The number of fused-ring (bicyclic) bond motifs is 1. The molecule has 3 rings (SSSR count). The molecular formula is C28H37BrFN3O6. The zero-order valence-electron chi connectivity index (χ0n) is 23.2. The molecule has 1 aliphatic rings. The highest BCUT2D eigenvalue weighted by Gasteiger charge is 2.33. The molecule has 0 unspecified atom stereocenters. The number of nitrogens with one attached hydrogen (secondary N) is 2. The number of Topliss-reactive ketones (excluding diaryl/α,β-unsaturated/α-hetero) is 1. The number of benzene rings is 2. The van der Waals surface area contributed by atoms with Crippen LogP contribution >= 0.6 is 17.0 Å². The molecule has 0 saturated heterocycles. The van der Waals surface area contributed by atoms with Crippen molar-refractivity contribution < 1.29 is 33.3 Å². The van der Waals surface area contributed by atoms with Gasteiger partial charge in [0, 0.05) is 29.8 Å². The Morgan fingerprint density at radius 1 is 1.10 bits per heavy atom. The van der Waals surface area contributed by atoms with Gasteiger partial charge in [-0.2, -0.15) is 0 Å². The molecule has 0 amide bonds. The number of carbonyl (C=O) groups is 2. The van der Waals surface area contributed by atoms with Gasteiger partial charge in [0.05, 0.1) is 25.3 Å². The molecule has 0 saturated carbocycles. The summed E-state index contributed by atoms with van der Waals surface area (Å²) >= 11 is 0. The Bertz CT molecular complexity index is 1250. The average Bonchev–Trinajstić information content (AvgIpc) is 3.14. The maximum absolute atomic E-state index is 15.4. The van der Waals surface area contributed by atoms with Crippen molar-refractivity contribution in [3.63, 3.8) is 0 Å². The third-order valence-electron chi connectivity index (χ3n) is 6.11. The molecule has 0 atom stereocenters.